The molecule has 0 saturated carbocycles. The van der Waals surface area contributed by atoms with Crippen LogP contribution in [0.25, 0.3) is 0 Å². The fraction of sp³-hybridized carbons (Fsp3) is 0.167. The number of hydrogen-bond donors (Lipinski definition) is 4. The molecule has 8 heteroatoms. The van der Waals surface area contributed by atoms with Gasteiger partial charge in [-0.3, -0.25) is 19.2 Å². The number of aliphatic carboxylic acids is 4. The Kier molecular flexibility index (Phi) is 4.42. The molecule has 0 aliphatic carbocycles. The van der Waals surface area contributed by atoms with Gasteiger partial charge in [-0.25, -0.2) is 0 Å². The van der Waals surface area contributed by atoms with E-state index in [1.54, 1.807) is 0 Å². The van der Waals surface area contributed by atoms with Crippen LogP contribution in [0.15, 0.2) is 24.3 Å². The lowest BCUT2D eigenvalue weighted by Crippen LogP contribution is -2.23. The van der Waals surface area contributed by atoms with E-state index in [-0.39, 0.29) is 11.1 Å². The lowest BCUT2D eigenvalue weighted by molar-refractivity contribution is -0.151. The quantitative estimate of drug-likeness (QED) is 0.540. The van der Waals surface area contributed by atoms with Gasteiger partial charge in [0.1, 0.15) is 0 Å². The lowest BCUT2D eigenvalue weighted by atomic mass is 9.92. The summed E-state index contributed by atoms with van der Waals surface area (Å²) in [5.74, 6) is -10.3. The molecule has 8 nitrogen and oxygen atoms in total. The third kappa shape index (κ3) is 3.10. The minimum absolute atomic E-state index is 0.199. The second-order valence-corrected chi connectivity index (χ2v) is 3.89. The summed E-state index contributed by atoms with van der Waals surface area (Å²) >= 11 is 0. The van der Waals surface area contributed by atoms with Gasteiger partial charge in [-0.05, 0) is 11.1 Å². The monoisotopic (exact) mass is 282 g/mol. The van der Waals surface area contributed by atoms with Crippen LogP contribution >= 0.6 is 0 Å². The van der Waals surface area contributed by atoms with Gasteiger partial charge in [0.25, 0.3) is 0 Å². The molecule has 0 unspecified atom stereocenters. The normalized spacial score (nSPS) is 10.5. The van der Waals surface area contributed by atoms with Gasteiger partial charge in [-0.15, -0.1) is 0 Å². The van der Waals surface area contributed by atoms with Crippen LogP contribution < -0.4 is 0 Å². The molecule has 0 amide bonds. The molecule has 4 N–H and O–H groups in total. The molecular weight excluding hydrogens is 272 g/mol. The molecule has 0 saturated heterocycles. The molecule has 0 spiro atoms. The smallest absolute Gasteiger partial charge is 0.322 e. The first-order valence-corrected chi connectivity index (χ1v) is 5.26. The van der Waals surface area contributed by atoms with E-state index < -0.39 is 35.7 Å². The van der Waals surface area contributed by atoms with Crippen molar-refractivity contribution >= 4 is 23.9 Å². The Morgan fingerprint density at radius 3 is 1.25 bits per heavy atom. The largest absolute Gasteiger partial charge is 0.480 e. The van der Waals surface area contributed by atoms with E-state index in [2.05, 4.69) is 0 Å². The van der Waals surface area contributed by atoms with E-state index >= 15 is 0 Å². The average Bonchev–Trinajstić information content (AvgIpc) is 2.27. The summed E-state index contributed by atoms with van der Waals surface area (Å²) in [4.78, 5) is 43.5. The zero-order chi connectivity index (χ0) is 15.4. The van der Waals surface area contributed by atoms with Gasteiger partial charge in [0.2, 0.25) is 0 Å². The molecule has 1 aromatic rings. The van der Waals surface area contributed by atoms with E-state index in [1.165, 1.54) is 18.2 Å². The number of hydrogen-bond acceptors (Lipinski definition) is 4. The van der Waals surface area contributed by atoms with Gasteiger partial charge in [-0.2, -0.15) is 0 Å². The van der Waals surface area contributed by atoms with Crippen molar-refractivity contribution < 1.29 is 39.6 Å². The highest BCUT2D eigenvalue weighted by molar-refractivity contribution is 6.00. The first kappa shape index (κ1) is 15.2. The Hall–Kier alpha value is -2.90. The molecule has 1 aromatic carbocycles. The second-order valence-electron chi connectivity index (χ2n) is 3.89. The Balaban J connectivity index is 3.31. The number of carbonyl (C=O) groups is 4. The van der Waals surface area contributed by atoms with Crippen LogP contribution in [0, 0.1) is 0 Å². The molecule has 0 fully saturated rings. The fourth-order valence-electron chi connectivity index (χ4n) is 1.70. The van der Waals surface area contributed by atoms with Crippen LogP contribution in [-0.2, 0) is 19.2 Å². The maximum absolute atomic E-state index is 10.9. The van der Waals surface area contributed by atoms with Crippen molar-refractivity contribution in [3.05, 3.63) is 35.4 Å². The standard InChI is InChI=1S/C12H10O8/c13-9(14)7(10(15)16)5-2-1-3-6(4-5)8(11(17)18)12(19)20/h1-4,7-8H,(H,13,14)(H,15,16)(H,17,18)(H,19,20). The highest BCUT2D eigenvalue weighted by atomic mass is 16.4. The predicted molar refractivity (Wildman–Crippen MR) is 62.5 cm³/mol. The van der Waals surface area contributed by atoms with Gasteiger partial charge >= 0.3 is 23.9 Å². The van der Waals surface area contributed by atoms with Crippen molar-refractivity contribution in [2.24, 2.45) is 0 Å². The Morgan fingerprint density at radius 1 is 0.700 bits per heavy atom. The van der Waals surface area contributed by atoms with Crippen molar-refractivity contribution in [1.82, 2.24) is 0 Å². The zero-order valence-corrected chi connectivity index (χ0v) is 9.89. The van der Waals surface area contributed by atoms with E-state index in [4.69, 9.17) is 20.4 Å². The molecule has 0 radical (unpaired) electrons. The molecular formula is C12H10O8. The average molecular weight is 282 g/mol. The van der Waals surface area contributed by atoms with Gasteiger partial charge < -0.3 is 20.4 Å². The Morgan fingerprint density at radius 2 is 1.00 bits per heavy atom. The van der Waals surface area contributed by atoms with Crippen molar-refractivity contribution in [2.45, 2.75) is 11.8 Å². The first-order valence-electron chi connectivity index (χ1n) is 5.26. The number of benzene rings is 1. The summed E-state index contributed by atoms with van der Waals surface area (Å²) in [5.41, 5.74) is -0.398. The number of carboxylic acid groups (broad SMARTS) is 4. The summed E-state index contributed by atoms with van der Waals surface area (Å²) < 4.78 is 0. The van der Waals surface area contributed by atoms with E-state index in [1.807, 2.05) is 0 Å². The van der Waals surface area contributed by atoms with Crippen LogP contribution in [0.1, 0.15) is 23.0 Å². The van der Waals surface area contributed by atoms with E-state index in [9.17, 15) is 19.2 Å². The Labute approximate surface area is 111 Å². The maximum Gasteiger partial charge on any atom is 0.322 e. The summed E-state index contributed by atoms with van der Waals surface area (Å²) in [7, 11) is 0. The molecule has 106 valence electrons. The highest BCUT2D eigenvalue weighted by Gasteiger charge is 2.31. The minimum Gasteiger partial charge on any atom is -0.480 e. The third-order valence-electron chi connectivity index (χ3n) is 2.57. The molecule has 0 aromatic heterocycles. The maximum atomic E-state index is 10.9. The third-order valence-corrected chi connectivity index (χ3v) is 2.57. The van der Waals surface area contributed by atoms with Gasteiger partial charge in [0.05, 0.1) is 0 Å². The summed E-state index contributed by atoms with van der Waals surface area (Å²) in [6.07, 6.45) is 0. The molecule has 1 rings (SSSR count). The fourth-order valence-corrected chi connectivity index (χ4v) is 1.70. The minimum atomic E-state index is -1.89. The van der Waals surface area contributed by atoms with Crippen molar-refractivity contribution in [3.63, 3.8) is 0 Å². The molecule has 0 aliphatic heterocycles. The molecule has 0 bridgehead atoms. The number of carboxylic acids is 4. The highest BCUT2D eigenvalue weighted by Crippen LogP contribution is 2.23. The van der Waals surface area contributed by atoms with Crippen molar-refractivity contribution in [2.75, 3.05) is 0 Å². The van der Waals surface area contributed by atoms with Crippen LogP contribution in [0.3, 0.4) is 0 Å². The van der Waals surface area contributed by atoms with Gasteiger partial charge in [0.15, 0.2) is 11.8 Å². The topological polar surface area (TPSA) is 149 Å². The van der Waals surface area contributed by atoms with E-state index in [0.717, 1.165) is 6.07 Å². The van der Waals surface area contributed by atoms with E-state index in [0.29, 0.717) is 0 Å². The van der Waals surface area contributed by atoms with Crippen LogP contribution in [-0.4, -0.2) is 44.3 Å². The number of rotatable bonds is 6. The first-order chi connectivity index (χ1) is 9.25. The predicted octanol–water partition coefficient (Wildman–Crippen LogP) is 0.192. The summed E-state index contributed by atoms with van der Waals surface area (Å²) in [6, 6.07) is 4.52. The molecule has 0 heterocycles. The van der Waals surface area contributed by atoms with Crippen LogP contribution in [0.4, 0.5) is 0 Å². The van der Waals surface area contributed by atoms with Gasteiger partial charge in [-0.1, -0.05) is 24.3 Å². The Bertz CT molecular complexity index is 501. The molecule has 0 aliphatic rings. The molecule has 20 heavy (non-hydrogen) atoms. The van der Waals surface area contributed by atoms with Crippen molar-refractivity contribution in [1.29, 1.82) is 0 Å². The van der Waals surface area contributed by atoms with Crippen molar-refractivity contribution in [3.8, 4) is 0 Å². The SMILES string of the molecule is O=C(O)C(C(=O)O)c1cccc(C(C(=O)O)C(=O)O)c1. The molecule has 0 atom stereocenters. The second kappa shape index (κ2) is 5.83. The van der Waals surface area contributed by atoms with Gasteiger partial charge in [0, 0.05) is 0 Å². The van der Waals surface area contributed by atoms with Crippen LogP contribution in [0.2, 0.25) is 0 Å². The summed E-state index contributed by atoms with van der Waals surface area (Å²) in [6.45, 7) is 0. The zero-order valence-electron chi connectivity index (χ0n) is 9.89. The summed E-state index contributed by atoms with van der Waals surface area (Å²) in [5, 5.41) is 35.3. The van der Waals surface area contributed by atoms with Crippen LogP contribution in [0.5, 0.6) is 0 Å². The lowest BCUT2D eigenvalue weighted by Gasteiger charge is -2.12.